The van der Waals surface area contributed by atoms with Gasteiger partial charge in [0.1, 0.15) is 5.75 Å². The lowest BCUT2D eigenvalue weighted by Crippen LogP contribution is -1.91. The molecule has 2 nitrogen and oxygen atoms in total. The second kappa shape index (κ2) is 4.00. The number of aromatic hydroxyl groups is 1. The van der Waals surface area contributed by atoms with Crippen LogP contribution in [-0.2, 0) is 0 Å². The van der Waals surface area contributed by atoms with Crippen LogP contribution in [0.4, 0.5) is 0 Å². The molecule has 0 amide bonds. The topological polar surface area (TPSA) is 37.3 Å². The maximum absolute atomic E-state index is 11.9. The van der Waals surface area contributed by atoms with Crippen LogP contribution in [0.2, 0.25) is 5.02 Å². The summed E-state index contributed by atoms with van der Waals surface area (Å²) >= 11 is 5.85. The molecule has 2 aromatic rings. The van der Waals surface area contributed by atoms with E-state index in [1.807, 2.05) is 12.1 Å². The molecule has 2 aromatic carbocycles. The second-order valence-corrected chi connectivity index (χ2v) is 4.60. The van der Waals surface area contributed by atoms with E-state index in [9.17, 15) is 9.90 Å². The lowest BCUT2D eigenvalue weighted by molar-refractivity contribution is 0.104. The highest BCUT2D eigenvalue weighted by atomic mass is 35.5. The smallest absolute Gasteiger partial charge is 0.187 e. The van der Waals surface area contributed by atoms with Crippen LogP contribution in [0, 0.1) is 0 Å². The molecule has 0 heterocycles. The largest absolute Gasteiger partial charge is 0.508 e. The Morgan fingerprint density at radius 2 is 1.67 bits per heavy atom. The number of ketones is 1. The summed E-state index contributed by atoms with van der Waals surface area (Å²) in [5.41, 5.74) is 3.20. The van der Waals surface area contributed by atoms with Crippen molar-refractivity contribution in [3.63, 3.8) is 0 Å². The first kappa shape index (κ1) is 11.1. The number of allylic oxidation sites excluding steroid dienone is 1. The van der Waals surface area contributed by atoms with Gasteiger partial charge in [0.05, 0.1) is 0 Å². The molecular formula is C15H9ClO2. The molecule has 88 valence electrons. The molecule has 18 heavy (non-hydrogen) atoms. The van der Waals surface area contributed by atoms with Crippen molar-refractivity contribution >= 4 is 23.0 Å². The number of fused-ring (bicyclic) bond motifs is 1. The molecule has 0 saturated carbocycles. The number of carbonyl (C=O) groups excluding carboxylic acids is 1. The predicted octanol–water partition coefficient (Wildman–Crippen LogP) is 3.67. The molecule has 1 N–H and O–H groups in total. The molecule has 0 fully saturated rings. The number of phenols is 1. The molecule has 0 aromatic heterocycles. The highest BCUT2D eigenvalue weighted by Crippen LogP contribution is 2.34. The van der Waals surface area contributed by atoms with E-state index in [0.29, 0.717) is 10.6 Å². The minimum absolute atomic E-state index is 0.0779. The van der Waals surface area contributed by atoms with Crippen LogP contribution in [0.5, 0.6) is 5.75 Å². The van der Waals surface area contributed by atoms with E-state index in [1.54, 1.807) is 30.3 Å². The van der Waals surface area contributed by atoms with Gasteiger partial charge in [-0.3, -0.25) is 4.79 Å². The lowest BCUT2D eigenvalue weighted by atomic mass is 9.99. The Hall–Kier alpha value is -2.06. The minimum atomic E-state index is -0.0779. The third-order valence-corrected chi connectivity index (χ3v) is 3.24. The third kappa shape index (κ3) is 1.71. The molecule has 0 spiro atoms. The third-order valence-electron chi connectivity index (χ3n) is 2.99. The van der Waals surface area contributed by atoms with Crippen molar-refractivity contribution in [3.05, 3.63) is 70.3 Å². The Morgan fingerprint density at radius 3 is 2.39 bits per heavy atom. The summed E-state index contributed by atoms with van der Waals surface area (Å²) in [6, 6.07) is 12.2. The summed E-state index contributed by atoms with van der Waals surface area (Å²) in [7, 11) is 0. The first-order chi connectivity index (χ1) is 8.65. The zero-order valence-corrected chi connectivity index (χ0v) is 10.1. The van der Waals surface area contributed by atoms with Gasteiger partial charge in [-0.05, 0) is 53.1 Å². The summed E-state index contributed by atoms with van der Waals surface area (Å²) in [6.45, 7) is 0. The molecule has 0 radical (unpaired) electrons. The molecule has 0 bridgehead atoms. The van der Waals surface area contributed by atoms with Gasteiger partial charge in [0.25, 0.3) is 0 Å². The maximum Gasteiger partial charge on any atom is 0.187 e. The fraction of sp³-hybridized carbons (Fsp3) is 0. The van der Waals surface area contributed by atoms with E-state index in [4.69, 9.17) is 11.6 Å². The van der Waals surface area contributed by atoms with Crippen molar-refractivity contribution in [1.82, 2.24) is 0 Å². The van der Waals surface area contributed by atoms with Gasteiger partial charge in [-0.25, -0.2) is 0 Å². The minimum Gasteiger partial charge on any atom is -0.508 e. The van der Waals surface area contributed by atoms with Crippen LogP contribution in [0.15, 0.2) is 48.5 Å². The second-order valence-electron chi connectivity index (χ2n) is 4.16. The van der Waals surface area contributed by atoms with Crippen molar-refractivity contribution in [2.45, 2.75) is 0 Å². The number of halogens is 1. The number of phenolic OH excluding ortho intramolecular Hbond substituents is 1. The van der Waals surface area contributed by atoms with E-state index in [0.717, 1.165) is 16.7 Å². The van der Waals surface area contributed by atoms with E-state index >= 15 is 0 Å². The first-order valence-corrected chi connectivity index (χ1v) is 5.88. The SMILES string of the molecule is O=C1C=C(c2ccc(Cl)cc2)c2ccc(O)cc21. The summed E-state index contributed by atoms with van der Waals surface area (Å²) < 4.78 is 0. The zero-order chi connectivity index (χ0) is 12.7. The number of benzene rings is 2. The van der Waals surface area contributed by atoms with Gasteiger partial charge in [0.15, 0.2) is 5.78 Å². The van der Waals surface area contributed by atoms with Crippen LogP contribution >= 0.6 is 11.6 Å². The standard InChI is InChI=1S/C15H9ClO2/c16-10-3-1-9(2-4-10)13-8-15(18)14-7-11(17)5-6-12(13)14/h1-8,17H. The van der Waals surface area contributed by atoms with Crippen molar-refractivity contribution in [2.75, 3.05) is 0 Å². The van der Waals surface area contributed by atoms with Gasteiger partial charge in [-0.15, -0.1) is 0 Å². The molecule has 3 heteroatoms. The summed E-state index contributed by atoms with van der Waals surface area (Å²) in [5.74, 6) is 0.0266. The molecule has 0 aliphatic heterocycles. The van der Waals surface area contributed by atoms with Gasteiger partial charge >= 0.3 is 0 Å². The van der Waals surface area contributed by atoms with Gasteiger partial charge in [0, 0.05) is 10.6 Å². The molecule has 1 aliphatic carbocycles. The molecule has 0 atom stereocenters. The Labute approximate surface area is 109 Å². The van der Waals surface area contributed by atoms with Crippen molar-refractivity contribution in [2.24, 2.45) is 0 Å². The maximum atomic E-state index is 11.9. The van der Waals surface area contributed by atoms with Crippen LogP contribution in [0.25, 0.3) is 5.57 Å². The van der Waals surface area contributed by atoms with E-state index in [1.165, 1.54) is 6.07 Å². The summed E-state index contributed by atoms with van der Waals surface area (Å²) in [5, 5.41) is 10.1. The summed E-state index contributed by atoms with van der Waals surface area (Å²) in [6.07, 6.45) is 1.59. The number of hydrogen-bond donors (Lipinski definition) is 1. The molecule has 0 unspecified atom stereocenters. The summed E-state index contributed by atoms with van der Waals surface area (Å²) in [4.78, 5) is 11.9. The molecule has 0 saturated heterocycles. The van der Waals surface area contributed by atoms with Crippen molar-refractivity contribution < 1.29 is 9.90 Å². The Balaban J connectivity index is 2.14. The highest BCUT2D eigenvalue weighted by Gasteiger charge is 2.22. The molecule has 1 aliphatic rings. The predicted molar refractivity (Wildman–Crippen MR) is 71.0 cm³/mol. The average Bonchev–Trinajstić information content (AvgIpc) is 2.68. The van der Waals surface area contributed by atoms with Crippen LogP contribution in [-0.4, -0.2) is 10.9 Å². The van der Waals surface area contributed by atoms with Gasteiger partial charge in [0.2, 0.25) is 0 Å². The number of hydrogen-bond acceptors (Lipinski definition) is 2. The van der Waals surface area contributed by atoms with E-state index in [-0.39, 0.29) is 11.5 Å². The zero-order valence-electron chi connectivity index (χ0n) is 9.35. The Morgan fingerprint density at radius 1 is 0.944 bits per heavy atom. The number of carbonyl (C=O) groups is 1. The van der Waals surface area contributed by atoms with E-state index < -0.39 is 0 Å². The lowest BCUT2D eigenvalue weighted by Gasteiger charge is -2.05. The molecule has 3 rings (SSSR count). The van der Waals surface area contributed by atoms with Gasteiger partial charge in [-0.1, -0.05) is 23.7 Å². The van der Waals surface area contributed by atoms with Crippen LogP contribution in [0.1, 0.15) is 21.5 Å². The fourth-order valence-electron chi connectivity index (χ4n) is 2.13. The normalized spacial score (nSPS) is 13.4. The van der Waals surface area contributed by atoms with Crippen molar-refractivity contribution in [1.29, 1.82) is 0 Å². The van der Waals surface area contributed by atoms with E-state index in [2.05, 4.69) is 0 Å². The fourth-order valence-corrected chi connectivity index (χ4v) is 2.25. The van der Waals surface area contributed by atoms with Gasteiger partial charge < -0.3 is 5.11 Å². The van der Waals surface area contributed by atoms with Crippen LogP contribution < -0.4 is 0 Å². The van der Waals surface area contributed by atoms with Crippen molar-refractivity contribution in [3.8, 4) is 5.75 Å². The monoisotopic (exact) mass is 256 g/mol. The Bertz CT molecular complexity index is 669. The van der Waals surface area contributed by atoms with Gasteiger partial charge in [-0.2, -0.15) is 0 Å². The highest BCUT2D eigenvalue weighted by molar-refractivity contribution is 6.30. The number of rotatable bonds is 1. The average molecular weight is 257 g/mol. The Kier molecular flexibility index (Phi) is 2.46. The molecular weight excluding hydrogens is 248 g/mol. The van der Waals surface area contributed by atoms with Crippen LogP contribution in [0.3, 0.4) is 0 Å². The first-order valence-electron chi connectivity index (χ1n) is 5.50. The quantitative estimate of drug-likeness (QED) is 0.845.